The van der Waals surface area contributed by atoms with Gasteiger partial charge in [0.05, 0.1) is 17.9 Å². The van der Waals surface area contributed by atoms with E-state index < -0.39 is 0 Å². The lowest BCUT2D eigenvalue weighted by Gasteiger charge is -2.26. The second-order valence-electron chi connectivity index (χ2n) is 4.71. The van der Waals surface area contributed by atoms with Crippen LogP contribution in [0.3, 0.4) is 0 Å². The third-order valence-corrected chi connectivity index (χ3v) is 4.18. The maximum Gasteiger partial charge on any atom is 0.0934 e. The topological polar surface area (TPSA) is 21.1 Å². The zero-order chi connectivity index (χ0) is 13.1. The minimum absolute atomic E-state index is 0.467. The van der Waals surface area contributed by atoms with Crippen molar-refractivity contribution in [3.63, 3.8) is 0 Å². The van der Waals surface area contributed by atoms with Gasteiger partial charge in [0.15, 0.2) is 0 Å². The van der Waals surface area contributed by atoms with E-state index >= 15 is 0 Å². The molecule has 3 nitrogen and oxygen atoms in total. The first kappa shape index (κ1) is 13.6. The van der Waals surface area contributed by atoms with Crippen LogP contribution in [0.5, 0.6) is 0 Å². The maximum absolute atomic E-state index is 5.89. The Morgan fingerprint density at radius 1 is 1.50 bits per heavy atom. The molecule has 0 N–H and O–H groups in total. The number of hydrogen-bond donors (Lipinski definition) is 0. The quantitative estimate of drug-likeness (QED) is 0.833. The molecule has 0 aliphatic carbocycles. The second-order valence-corrected chi connectivity index (χ2v) is 6.14. The summed E-state index contributed by atoms with van der Waals surface area (Å²) >= 11 is 7.71. The molecule has 2 rings (SSSR count). The summed E-state index contributed by atoms with van der Waals surface area (Å²) in [6, 6.07) is 2.64. The van der Waals surface area contributed by atoms with Crippen molar-refractivity contribution in [2.75, 3.05) is 0 Å². The first-order valence-electron chi connectivity index (χ1n) is 6.01. The number of hydrogen-bond acceptors (Lipinski definition) is 3. The monoisotopic (exact) mass is 283 g/mol. The molecule has 0 radical (unpaired) electrons. The van der Waals surface area contributed by atoms with E-state index in [-0.39, 0.29) is 0 Å². The van der Waals surface area contributed by atoms with Gasteiger partial charge < -0.3 is 0 Å². The lowest BCUT2D eigenvalue weighted by Crippen LogP contribution is -2.32. The van der Waals surface area contributed by atoms with Crippen LogP contribution in [0.1, 0.15) is 24.3 Å². The first-order valence-corrected chi connectivity index (χ1v) is 7.27. The minimum Gasteiger partial charge on any atom is -0.277 e. The summed E-state index contributed by atoms with van der Waals surface area (Å²) in [5.41, 5.74) is 1.36. The van der Waals surface area contributed by atoms with Crippen LogP contribution in [-0.4, -0.2) is 20.7 Å². The molecule has 0 atom stereocenters. The van der Waals surface area contributed by atoms with E-state index in [1.807, 2.05) is 22.2 Å². The molecule has 0 unspecified atom stereocenters. The average Bonchev–Trinajstić information content (AvgIpc) is 2.88. The molecule has 0 aliphatic heterocycles. The Hall–Kier alpha value is -0.840. The van der Waals surface area contributed by atoms with E-state index in [2.05, 4.69) is 42.2 Å². The molecule has 0 bridgehead atoms. The highest BCUT2D eigenvalue weighted by Gasteiger charge is 2.13. The molecule has 18 heavy (non-hydrogen) atoms. The molecule has 2 aromatic heterocycles. The Labute approximate surface area is 117 Å². The van der Waals surface area contributed by atoms with Gasteiger partial charge in [-0.1, -0.05) is 11.6 Å². The molecule has 2 heterocycles. The fourth-order valence-electron chi connectivity index (χ4n) is 1.75. The molecule has 5 heteroatoms. The summed E-state index contributed by atoms with van der Waals surface area (Å²) in [5.74, 6) is 0. The summed E-state index contributed by atoms with van der Waals surface area (Å²) in [6.45, 7) is 8.29. The highest BCUT2D eigenvalue weighted by molar-refractivity contribution is 7.10. The van der Waals surface area contributed by atoms with Crippen LogP contribution >= 0.6 is 22.9 Å². The van der Waals surface area contributed by atoms with E-state index in [9.17, 15) is 0 Å². The summed E-state index contributed by atoms with van der Waals surface area (Å²) in [7, 11) is 0. The third kappa shape index (κ3) is 3.34. The van der Waals surface area contributed by atoms with Gasteiger partial charge in [-0.2, -0.15) is 5.10 Å². The fraction of sp³-hybridized carbons (Fsp3) is 0.462. The smallest absolute Gasteiger partial charge is 0.0934 e. The van der Waals surface area contributed by atoms with E-state index in [0.29, 0.717) is 11.1 Å². The fourth-order valence-corrected chi connectivity index (χ4v) is 2.84. The first-order chi connectivity index (χ1) is 8.56. The zero-order valence-corrected chi connectivity index (χ0v) is 12.5. The van der Waals surface area contributed by atoms with Crippen LogP contribution in [0.25, 0.3) is 0 Å². The van der Waals surface area contributed by atoms with Crippen molar-refractivity contribution in [3.05, 3.63) is 39.3 Å². The predicted molar refractivity (Wildman–Crippen MR) is 77.0 cm³/mol. The van der Waals surface area contributed by atoms with Crippen LogP contribution in [0, 0.1) is 6.92 Å². The van der Waals surface area contributed by atoms with E-state index in [4.69, 9.17) is 11.6 Å². The molecule has 0 aliphatic rings. The lowest BCUT2D eigenvalue weighted by atomic mass is 10.2. The van der Waals surface area contributed by atoms with Crippen LogP contribution in [-0.2, 0) is 13.2 Å². The molecule has 0 saturated carbocycles. The normalized spacial score (nSPS) is 11.7. The number of halogens is 1. The van der Waals surface area contributed by atoms with Crippen molar-refractivity contribution in [1.82, 2.24) is 14.7 Å². The molecular formula is C13H18ClN3S. The Balaban J connectivity index is 2.07. The van der Waals surface area contributed by atoms with Crippen LogP contribution in [0.15, 0.2) is 23.8 Å². The van der Waals surface area contributed by atoms with E-state index in [1.165, 1.54) is 10.4 Å². The van der Waals surface area contributed by atoms with Crippen molar-refractivity contribution < 1.29 is 0 Å². The van der Waals surface area contributed by atoms with Gasteiger partial charge in [-0.15, -0.1) is 11.3 Å². The van der Waals surface area contributed by atoms with Crippen LogP contribution in [0.4, 0.5) is 0 Å². The number of aryl methyl sites for hydroxylation is 1. The Kier molecular flexibility index (Phi) is 4.43. The maximum atomic E-state index is 5.89. The van der Waals surface area contributed by atoms with Gasteiger partial charge in [0.25, 0.3) is 0 Å². The van der Waals surface area contributed by atoms with Gasteiger partial charge in [-0.25, -0.2) is 0 Å². The summed E-state index contributed by atoms with van der Waals surface area (Å²) < 4.78 is 1.88. The van der Waals surface area contributed by atoms with Gasteiger partial charge in [-0.05, 0) is 37.8 Å². The molecule has 98 valence electrons. The SMILES string of the molecule is Cc1ccsc1CN(Cn1cc(Cl)cn1)C(C)C. The van der Waals surface area contributed by atoms with Gasteiger partial charge >= 0.3 is 0 Å². The highest BCUT2D eigenvalue weighted by Crippen LogP contribution is 2.19. The van der Waals surface area contributed by atoms with E-state index in [1.54, 1.807) is 6.20 Å². The number of aromatic nitrogens is 2. The zero-order valence-electron chi connectivity index (χ0n) is 10.9. The summed E-state index contributed by atoms with van der Waals surface area (Å²) in [5, 5.41) is 7.07. The van der Waals surface area contributed by atoms with Crippen LogP contribution < -0.4 is 0 Å². The van der Waals surface area contributed by atoms with Gasteiger partial charge in [0, 0.05) is 23.7 Å². The molecule has 0 amide bonds. The van der Waals surface area contributed by atoms with Gasteiger partial charge in [-0.3, -0.25) is 9.58 Å². The number of thiophene rings is 1. The van der Waals surface area contributed by atoms with Crippen molar-refractivity contribution in [1.29, 1.82) is 0 Å². The van der Waals surface area contributed by atoms with E-state index in [0.717, 1.165) is 13.2 Å². The summed E-state index contributed by atoms with van der Waals surface area (Å²) in [6.07, 6.45) is 3.54. The molecule has 0 spiro atoms. The van der Waals surface area contributed by atoms with Gasteiger partial charge in [0.2, 0.25) is 0 Å². The molecule has 0 fully saturated rings. The average molecular weight is 284 g/mol. The third-order valence-electron chi connectivity index (χ3n) is 2.97. The largest absolute Gasteiger partial charge is 0.277 e. The Bertz CT molecular complexity index is 504. The molecule has 2 aromatic rings. The van der Waals surface area contributed by atoms with Crippen molar-refractivity contribution in [3.8, 4) is 0 Å². The molecule has 0 aromatic carbocycles. The van der Waals surface area contributed by atoms with Crippen molar-refractivity contribution in [2.24, 2.45) is 0 Å². The summed E-state index contributed by atoms with van der Waals surface area (Å²) in [4.78, 5) is 3.80. The number of nitrogens with zero attached hydrogens (tertiary/aromatic N) is 3. The second kappa shape index (κ2) is 5.87. The highest BCUT2D eigenvalue weighted by atomic mass is 35.5. The van der Waals surface area contributed by atoms with Gasteiger partial charge in [0.1, 0.15) is 0 Å². The van der Waals surface area contributed by atoms with Crippen molar-refractivity contribution >= 4 is 22.9 Å². The molecule has 0 saturated heterocycles. The number of rotatable bonds is 5. The predicted octanol–water partition coefficient (Wildman–Crippen LogP) is 3.77. The molecular weight excluding hydrogens is 266 g/mol. The Morgan fingerprint density at radius 3 is 2.78 bits per heavy atom. The van der Waals surface area contributed by atoms with Crippen LogP contribution in [0.2, 0.25) is 5.02 Å². The minimum atomic E-state index is 0.467. The Morgan fingerprint density at radius 2 is 2.28 bits per heavy atom. The van der Waals surface area contributed by atoms with Crippen molar-refractivity contribution in [2.45, 2.75) is 40.0 Å². The lowest BCUT2D eigenvalue weighted by molar-refractivity contribution is 0.156. The standard InChI is InChI=1S/C13H18ClN3S/c1-10(2)16(8-13-11(3)4-5-18-13)9-17-7-12(14)6-15-17/h4-7,10H,8-9H2,1-3H3.